The number of carbonyl (C=O) groups is 1. The fraction of sp³-hybridized carbons (Fsp3) is 0.214. The van der Waals surface area contributed by atoms with E-state index in [2.05, 4.69) is 0 Å². The summed E-state index contributed by atoms with van der Waals surface area (Å²) in [5.41, 5.74) is 0.856. The van der Waals surface area contributed by atoms with Crippen molar-refractivity contribution in [3.05, 3.63) is 42.0 Å². The van der Waals surface area contributed by atoms with Crippen molar-refractivity contribution in [2.45, 2.75) is 18.2 Å². The van der Waals surface area contributed by atoms with Crippen LogP contribution in [0.25, 0.3) is 10.8 Å². The number of esters is 1. The summed E-state index contributed by atoms with van der Waals surface area (Å²) in [7, 11) is -4.27. The second-order valence-corrected chi connectivity index (χ2v) is 5.72. The molecule has 0 saturated carbocycles. The van der Waals surface area contributed by atoms with Crippen LogP contribution in [0.3, 0.4) is 0 Å². The maximum absolute atomic E-state index is 11.3. The van der Waals surface area contributed by atoms with Crippen LogP contribution in [0.2, 0.25) is 0 Å². The maximum atomic E-state index is 11.3. The maximum Gasteiger partial charge on any atom is 1.00 e. The summed E-state index contributed by atoms with van der Waals surface area (Å²) in [6.45, 7) is 1.56. The molecule has 2 aromatic rings. The van der Waals surface area contributed by atoms with E-state index in [0.717, 1.165) is 10.9 Å². The largest absolute Gasteiger partial charge is 1.00 e. The van der Waals surface area contributed by atoms with E-state index in [1.807, 2.05) is 6.07 Å². The van der Waals surface area contributed by atoms with Crippen LogP contribution in [0.5, 0.6) is 0 Å². The molecule has 0 aliphatic rings. The average Bonchev–Trinajstić information content (AvgIpc) is 2.36. The summed E-state index contributed by atoms with van der Waals surface area (Å²) < 4.78 is 36.8. The van der Waals surface area contributed by atoms with Crippen molar-refractivity contribution in [3.63, 3.8) is 0 Å². The van der Waals surface area contributed by atoms with E-state index in [1.165, 1.54) is 13.0 Å². The summed E-state index contributed by atoms with van der Waals surface area (Å²) in [5, 5.41) is 1.17. The third kappa shape index (κ3) is 4.85. The molecule has 7 heteroatoms. The van der Waals surface area contributed by atoms with Gasteiger partial charge < -0.3 is 6.16 Å². The standard InChI is InChI=1S/C14H14O5S.K.H/c1-10(15)19-9-8-11-4-2-6-13-12(11)5-3-7-14(13)20(16,17)18;;/h2-7H,8-9H2,1H3,(H,16,17,18);;/q;+1;-1. The molecule has 2 rings (SSSR count). The van der Waals surface area contributed by atoms with Crippen molar-refractivity contribution >= 4 is 26.9 Å². The molecular weight excluding hydrogens is 319 g/mol. The fourth-order valence-corrected chi connectivity index (χ4v) is 2.80. The van der Waals surface area contributed by atoms with E-state index in [4.69, 9.17) is 4.74 Å². The quantitative estimate of drug-likeness (QED) is 0.455. The molecule has 0 fully saturated rings. The molecule has 0 bridgehead atoms. The van der Waals surface area contributed by atoms with Gasteiger partial charge in [-0.1, -0.05) is 30.3 Å². The summed E-state index contributed by atoms with van der Waals surface area (Å²) in [5.74, 6) is -0.358. The van der Waals surface area contributed by atoms with Gasteiger partial charge in [0.25, 0.3) is 10.1 Å². The molecule has 5 nitrogen and oxygen atoms in total. The molecule has 1 N–H and O–H groups in total. The Morgan fingerprint density at radius 3 is 2.43 bits per heavy atom. The number of fused-ring (bicyclic) bond motifs is 1. The Bertz CT molecular complexity index is 761. The zero-order valence-electron chi connectivity index (χ0n) is 12.9. The molecule has 2 aromatic carbocycles. The molecule has 0 saturated heterocycles. The monoisotopic (exact) mass is 334 g/mol. The Morgan fingerprint density at radius 2 is 1.81 bits per heavy atom. The summed E-state index contributed by atoms with van der Waals surface area (Å²) >= 11 is 0. The molecule has 21 heavy (non-hydrogen) atoms. The Hall–Kier alpha value is -0.284. The fourth-order valence-electron chi connectivity index (χ4n) is 2.09. The molecule has 0 aromatic heterocycles. The van der Waals surface area contributed by atoms with Crippen molar-refractivity contribution < 1.29 is 75.3 Å². The number of ether oxygens (including phenoxy) is 1. The van der Waals surface area contributed by atoms with Crippen molar-refractivity contribution in [2.75, 3.05) is 6.61 Å². The molecule has 0 radical (unpaired) electrons. The van der Waals surface area contributed by atoms with E-state index in [1.54, 1.807) is 24.3 Å². The van der Waals surface area contributed by atoms with Crippen LogP contribution in [0.4, 0.5) is 0 Å². The van der Waals surface area contributed by atoms with E-state index in [0.29, 0.717) is 11.8 Å². The molecular formula is C14H15KO5S. The molecule has 0 amide bonds. The number of hydrogen-bond donors (Lipinski definition) is 1. The number of carbonyl (C=O) groups excluding carboxylic acids is 1. The first kappa shape index (κ1) is 18.8. The number of hydrogen-bond acceptors (Lipinski definition) is 4. The van der Waals surface area contributed by atoms with E-state index < -0.39 is 10.1 Å². The second-order valence-electron chi connectivity index (χ2n) is 4.33. The molecule has 0 heterocycles. The first-order valence-corrected chi connectivity index (χ1v) is 7.45. The van der Waals surface area contributed by atoms with Gasteiger partial charge in [0.1, 0.15) is 4.90 Å². The minimum atomic E-state index is -4.27. The number of benzene rings is 2. The van der Waals surface area contributed by atoms with Gasteiger partial charge in [0.2, 0.25) is 0 Å². The minimum absolute atomic E-state index is 0. The van der Waals surface area contributed by atoms with Crippen LogP contribution in [-0.2, 0) is 26.1 Å². The Kier molecular flexibility index (Phi) is 6.99. The van der Waals surface area contributed by atoms with Gasteiger partial charge >= 0.3 is 57.4 Å². The van der Waals surface area contributed by atoms with Gasteiger partial charge in [-0.15, -0.1) is 0 Å². The van der Waals surface area contributed by atoms with Crippen LogP contribution in [0.1, 0.15) is 13.9 Å². The van der Waals surface area contributed by atoms with Crippen LogP contribution in [0.15, 0.2) is 41.3 Å². The van der Waals surface area contributed by atoms with Crippen LogP contribution in [0, 0.1) is 0 Å². The first-order chi connectivity index (χ1) is 9.39. The zero-order chi connectivity index (χ0) is 14.8. The topological polar surface area (TPSA) is 80.7 Å². The molecule has 0 atom stereocenters. The van der Waals surface area contributed by atoms with Crippen molar-refractivity contribution in [1.29, 1.82) is 0 Å². The van der Waals surface area contributed by atoms with E-state index >= 15 is 0 Å². The summed E-state index contributed by atoms with van der Waals surface area (Å²) in [6, 6.07) is 9.87. The molecule has 0 spiro atoms. The van der Waals surface area contributed by atoms with Crippen molar-refractivity contribution in [1.82, 2.24) is 0 Å². The SMILES string of the molecule is CC(=O)OCCc1cccc2c(S(=O)(=O)O)cccc12.[H-].[K+]. The third-order valence-electron chi connectivity index (χ3n) is 2.93. The van der Waals surface area contributed by atoms with Gasteiger partial charge in [0.15, 0.2) is 0 Å². The Morgan fingerprint density at radius 1 is 1.19 bits per heavy atom. The zero-order valence-corrected chi connectivity index (χ0v) is 15.8. The van der Waals surface area contributed by atoms with Gasteiger partial charge in [0, 0.05) is 18.7 Å². The first-order valence-electron chi connectivity index (χ1n) is 6.01. The summed E-state index contributed by atoms with van der Waals surface area (Å²) in [6.07, 6.45) is 0.478. The van der Waals surface area contributed by atoms with Gasteiger partial charge in [-0.25, -0.2) is 0 Å². The third-order valence-corrected chi connectivity index (χ3v) is 3.84. The van der Waals surface area contributed by atoms with Crippen molar-refractivity contribution in [2.24, 2.45) is 0 Å². The van der Waals surface area contributed by atoms with E-state index in [-0.39, 0.29) is 70.3 Å². The van der Waals surface area contributed by atoms with Crippen LogP contribution < -0.4 is 51.4 Å². The van der Waals surface area contributed by atoms with Crippen molar-refractivity contribution in [3.8, 4) is 0 Å². The average molecular weight is 334 g/mol. The Labute approximate surface area is 167 Å². The predicted molar refractivity (Wildman–Crippen MR) is 75.2 cm³/mol. The van der Waals surface area contributed by atoms with Gasteiger partial charge in [-0.05, 0) is 17.0 Å². The number of rotatable bonds is 4. The molecule has 108 valence electrons. The van der Waals surface area contributed by atoms with Crippen LogP contribution in [-0.4, -0.2) is 25.5 Å². The smallest absolute Gasteiger partial charge is 1.00 e. The molecule has 0 aliphatic carbocycles. The predicted octanol–water partition coefficient (Wildman–Crippen LogP) is -0.691. The van der Waals surface area contributed by atoms with Gasteiger partial charge in [-0.2, -0.15) is 8.42 Å². The normalized spacial score (nSPS) is 11.0. The molecule has 0 unspecified atom stereocenters. The summed E-state index contributed by atoms with van der Waals surface area (Å²) in [4.78, 5) is 10.6. The van der Waals surface area contributed by atoms with Crippen LogP contribution >= 0.6 is 0 Å². The van der Waals surface area contributed by atoms with E-state index in [9.17, 15) is 17.8 Å². The van der Waals surface area contributed by atoms with Gasteiger partial charge in [0.05, 0.1) is 6.61 Å². The second kappa shape index (κ2) is 7.82. The minimum Gasteiger partial charge on any atom is -1.00 e. The molecule has 0 aliphatic heterocycles. The Balaban J connectivity index is 0.00000220. The van der Waals surface area contributed by atoms with Gasteiger partial charge in [-0.3, -0.25) is 9.35 Å².